The van der Waals surface area contributed by atoms with E-state index in [2.05, 4.69) is 20.2 Å². The summed E-state index contributed by atoms with van der Waals surface area (Å²) in [5.41, 5.74) is 2.96. The van der Waals surface area contributed by atoms with Crippen molar-refractivity contribution < 1.29 is 14.3 Å². The Bertz CT molecular complexity index is 1240. The summed E-state index contributed by atoms with van der Waals surface area (Å²) >= 11 is 0. The number of aromatic nitrogens is 3. The van der Waals surface area contributed by atoms with Gasteiger partial charge in [0.2, 0.25) is 5.91 Å². The van der Waals surface area contributed by atoms with Crippen LogP contribution in [0.4, 0.5) is 0 Å². The Morgan fingerprint density at radius 1 is 1.21 bits per heavy atom. The summed E-state index contributed by atoms with van der Waals surface area (Å²) in [6.07, 6.45) is 8.61. The Hall–Kier alpha value is -3.30. The molecule has 3 aliphatic rings. The smallest absolute Gasteiger partial charge is 0.258 e. The number of aliphatic hydroxyl groups excluding tert-OH is 1. The molecule has 0 radical (unpaired) electrons. The van der Waals surface area contributed by atoms with E-state index in [4.69, 9.17) is 4.42 Å². The first-order chi connectivity index (χ1) is 16.7. The van der Waals surface area contributed by atoms with Crippen molar-refractivity contribution in [2.24, 2.45) is 17.8 Å². The lowest BCUT2D eigenvalue weighted by Gasteiger charge is -2.30. The molecule has 1 saturated carbocycles. The Kier molecular flexibility index (Phi) is 5.30. The van der Waals surface area contributed by atoms with Crippen molar-refractivity contribution in [1.29, 1.82) is 0 Å². The van der Waals surface area contributed by atoms with Gasteiger partial charge in [0.15, 0.2) is 6.39 Å². The van der Waals surface area contributed by atoms with Crippen molar-refractivity contribution in [2.45, 2.75) is 38.0 Å². The van der Waals surface area contributed by atoms with Gasteiger partial charge in [0, 0.05) is 61.7 Å². The minimum atomic E-state index is -0.501. The van der Waals surface area contributed by atoms with E-state index in [1.165, 1.54) is 6.39 Å². The van der Waals surface area contributed by atoms with E-state index in [0.29, 0.717) is 36.8 Å². The van der Waals surface area contributed by atoms with Crippen molar-refractivity contribution in [2.75, 3.05) is 13.2 Å². The van der Waals surface area contributed by atoms with Gasteiger partial charge in [-0.05, 0) is 48.6 Å². The second-order valence-corrected chi connectivity index (χ2v) is 9.56. The second-order valence-electron chi connectivity index (χ2n) is 9.56. The van der Waals surface area contributed by atoms with E-state index < -0.39 is 6.04 Å². The highest BCUT2D eigenvalue weighted by Gasteiger charge is 2.55. The predicted octanol–water partition coefficient (Wildman–Crippen LogP) is 1.59. The highest BCUT2D eigenvalue weighted by molar-refractivity contribution is 5.83. The number of carbonyl (C=O) groups is 1. The SMILES string of the molecule is O=C(NCC1CC1)[C@@H]1[C@@H](CO)[C@@H]2Cn3c(ccc(-c4ccncc4)c3=O)[C@@H]2N1Cc1cocn1. The van der Waals surface area contributed by atoms with Crippen LogP contribution in [0, 0.1) is 17.8 Å². The molecule has 0 bridgehead atoms. The molecule has 1 aliphatic carbocycles. The molecule has 2 aliphatic heterocycles. The van der Waals surface area contributed by atoms with Crippen LogP contribution in [0.2, 0.25) is 0 Å². The number of nitrogens with zero attached hydrogens (tertiary/aromatic N) is 4. The third-order valence-corrected chi connectivity index (χ3v) is 7.54. The maximum atomic E-state index is 13.5. The summed E-state index contributed by atoms with van der Waals surface area (Å²) < 4.78 is 6.98. The predicted molar refractivity (Wildman–Crippen MR) is 122 cm³/mol. The minimum Gasteiger partial charge on any atom is -0.451 e. The average Bonchev–Trinajstić information content (AvgIpc) is 3.25. The summed E-state index contributed by atoms with van der Waals surface area (Å²) in [6, 6.07) is 6.81. The third kappa shape index (κ3) is 3.56. The van der Waals surface area contributed by atoms with Crippen LogP contribution in [0.3, 0.4) is 0 Å². The van der Waals surface area contributed by atoms with E-state index in [1.54, 1.807) is 18.7 Å². The van der Waals surface area contributed by atoms with E-state index in [1.807, 2.05) is 28.8 Å². The van der Waals surface area contributed by atoms with Crippen molar-refractivity contribution in [3.63, 3.8) is 0 Å². The molecule has 0 aromatic carbocycles. The molecule has 3 aromatic rings. The number of oxazole rings is 1. The lowest BCUT2D eigenvalue weighted by molar-refractivity contribution is -0.128. The maximum absolute atomic E-state index is 13.5. The topological polar surface area (TPSA) is 113 Å². The number of aliphatic hydroxyl groups is 1. The van der Waals surface area contributed by atoms with Crippen LogP contribution >= 0.6 is 0 Å². The number of nitrogens with one attached hydrogen (secondary N) is 1. The number of hydrogen-bond acceptors (Lipinski definition) is 7. The van der Waals surface area contributed by atoms with Crippen molar-refractivity contribution in [3.05, 3.63) is 71.1 Å². The zero-order valence-electron chi connectivity index (χ0n) is 18.7. The van der Waals surface area contributed by atoms with Gasteiger partial charge >= 0.3 is 0 Å². The van der Waals surface area contributed by atoms with Gasteiger partial charge in [-0.1, -0.05) is 0 Å². The standard InChI is InChI=1S/C25H27N5O4/c31-12-20-19-11-29-21(4-3-18(25(29)33)16-5-7-26-8-6-16)22(19)30(10-17-13-34-14-28-17)23(20)24(32)27-9-15-1-2-15/h3-8,13-15,19-20,22-23,31H,1-2,9-12H2,(H,27,32)/t19-,20-,22+,23-/m0/s1. The third-order valence-electron chi connectivity index (χ3n) is 7.54. The summed E-state index contributed by atoms with van der Waals surface area (Å²) in [5, 5.41) is 13.5. The molecular weight excluding hydrogens is 434 g/mol. The summed E-state index contributed by atoms with van der Waals surface area (Å²) in [4.78, 5) is 37.2. The summed E-state index contributed by atoms with van der Waals surface area (Å²) in [5.74, 6) is 0.146. The van der Waals surface area contributed by atoms with Crippen LogP contribution < -0.4 is 10.9 Å². The molecular formula is C25H27N5O4. The first-order valence-electron chi connectivity index (χ1n) is 11.8. The van der Waals surface area contributed by atoms with E-state index in [9.17, 15) is 14.7 Å². The molecule has 9 heteroatoms. The van der Waals surface area contributed by atoms with Gasteiger partial charge < -0.3 is 19.4 Å². The van der Waals surface area contributed by atoms with Gasteiger partial charge in [0.25, 0.3) is 5.56 Å². The average molecular weight is 462 g/mol. The molecule has 6 rings (SSSR count). The fourth-order valence-electron chi connectivity index (χ4n) is 5.71. The largest absolute Gasteiger partial charge is 0.451 e. The molecule has 0 unspecified atom stereocenters. The highest BCUT2D eigenvalue weighted by atomic mass is 16.3. The zero-order chi connectivity index (χ0) is 23.2. The molecule has 2 fully saturated rings. The molecule has 1 saturated heterocycles. The molecule has 1 amide bonds. The van der Waals surface area contributed by atoms with Crippen LogP contribution in [0.1, 0.15) is 30.3 Å². The van der Waals surface area contributed by atoms with Crippen LogP contribution in [0.25, 0.3) is 11.1 Å². The Labute approximate surface area is 196 Å². The Morgan fingerprint density at radius 3 is 2.74 bits per heavy atom. The first kappa shape index (κ1) is 21.2. The van der Waals surface area contributed by atoms with Crippen molar-refractivity contribution in [3.8, 4) is 11.1 Å². The van der Waals surface area contributed by atoms with Crippen LogP contribution in [0.15, 0.2) is 58.5 Å². The number of carbonyl (C=O) groups excluding carboxylic acids is 1. The second kappa shape index (κ2) is 8.48. The van der Waals surface area contributed by atoms with E-state index >= 15 is 0 Å². The number of hydrogen-bond donors (Lipinski definition) is 2. The fraction of sp³-hybridized carbons (Fsp3) is 0.440. The fourth-order valence-corrected chi connectivity index (χ4v) is 5.71. The quantitative estimate of drug-likeness (QED) is 0.549. The lowest BCUT2D eigenvalue weighted by atomic mass is 9.88. The molecule has 4 atom stereocenters. The number of pyridine rings is 2. The molecule has 0 spiro atoms. The minimum absolute atomic E-state index is 0.0611. The number of fused-ring (bicyclic) bond motifs is 3. The maximum Gasteiger partial charge on any atom is 0.258 e. The number of amides is 1. The van der Waals surface area contributed by atoms with Crippen LogP contribution in [-0.2, 0) is 17.9 Å². The van der Waals surface area contributed by atoms with Crippen molar-refractivity contribution in [1.82, 2.24) is 24.8 Å². The first-order valence-corrected chi connectivity index (χ1v) is 11.8. The van der Waals surface area contributed by atoms with Crippen molar-refractivity contribution >= 4 is 5.91 Å². The Balaban J connectivity index is 1.39. The van der Waals surface area contributed by atoms with Gasteiger partial charge in [-0.2, -0.15) is 0 Å². The molecule has 9 nitrogen and oxygen atoms in total. The molecule has 5 heterocycles. The van der Waals surface area contributed by atoms with Crippen LogP contribution in [0.5, 0.6) is 0 Å². The van der Waals surface area contributed by atoms with Gasteiger partial charge in [-0.25, -0.2) is 4.98 Å². The van der Waals surface area contributed by atoms with Crippen LogP contribution in [-0.4, -0.2) is 49.6 Å². The molecule has 3 aromatic heterocycles. The summed E-state index contributed by atoms with van der Waals surface area (Å²) in [6.45, 7) is 1.41. The lowest BCUT2D eigenvalue weighted by Crippen LogP contribution is -2.48. The molecule has 34 heavy (non-hydrogen) atoms. The van der Waals surface area contributed by atoms with Gasteiger partial charge in [0.05, 0.1) is 17.8 Å². The monoisotopic (exact) mass is 461 g/mol. The normalized spacial score (nSPS) is 25.8. The van der Waals surface area contributed by atoms with Gasteiger partial charge in [0.1, 0.15) is 6.26 Å². The van der Waals surface area contributed by atoms with E-state index in [-0.39, 0.29) is 36.0 Å². The van der Waals surface area contributed by atoms with E-state index in [0.717, 1.165) is 24.1 Å². The molecule has 176 valence electrons. The zero-order valence-corrected chi connectivity index (χ0v) is 18.7. The number of likely N-dealkylation sites (tertiary alicyclic amines) is 1. The highest BCUT2D eigenvalue weighted by Crippen LogP contribution is 2.50. The molecule has 2 N–H and O–H groups in total. The van der Waals surface area contributed by atoms with Gasteiger partial charge in [-0.15, -0.1) is 0 Å². The number of rotatable bonds is 7. The van der Waals surface area contributed by atoms with Gasteiger partial charge in [-0.3, -0.25) is 19.5 Å². The Morgan fingerprint density at radius 2 is 2.03 bits per heavy atom. The summed E-state index contributed by atoms with van der Waals surface area (Å²) in [7, 11) is 0.